The minimum absolute atomic E-state index is 0.0254. The van der Waals surface area contributed by atoms with Gasteiger partial charge in [0.15, 0.2) is 0 Å². The Morgan fingerprint density at radius 2 is 2.06 bits per heavy atom. The van der Waals surface area contributed by atoms with Crippen molar-refractivity contribution in [3.63, 3.8) is 0 Å². The average Bonchev–Trinajstić information content (AvgIpc) is 2.34. The molecule has 0 unspecified atom stereocenters. The topological polar surface area (TPSA) is 58.6 Å². The Morgan fingerprint density at radius 1 is 1.41 bits per heavy atom. The lowest BCUT2D eigenvalue weighted by Crippen LogP contribution is -2.36. The molecule has 0 heterocycles. The number of nitrogens with one attached hydrogen (secondary N) is 1. The molecule has 98 valence electrons. The van der Waals surface area contributed by atoms with Crippen LogP contribution in [-0.2, 0) is 14.3 Å². The molecule has 0 aliphatic carbocycles. The van der Waals surface area contributed by atoms with Crippen LogP contribution in [0.5, 0.6) is 0 Å². The molecule has 0 aromatic carbocycles. The van der Waals surface area contributed by atoms with Gasteiger partial charge in [-0.3, -0.25) is 9.69 Å². The fourth-order valence-electron chi connectivity index (χ4n) is 1.34. The van der Waals surface area contributed by atoms with Crippen molar-refractivity contribution in [3.8, 4) is 0 Å². The summed E-state index contributed by atoms with van der Waals surface area (Å²) in [6.07, 6.45) is 2.74. The summed E-state index contributed by atoms with van der Waals surface area (Å²) >= 11 is 0. The van der Waals surface area contributed by atoms with Gasteiger partial charge in [-0.05, 0) is 19.9 Å². The van der Waals surface area contributed by atoms with Gasteiger partial charge in [-0.25, -0.2) is 4.79 Å². The van der Waals surface area contributed by atoms with E-state index in [1.807, 2.05) is 11.8 Å². The van der Waals surface area contributed by atoms with Crippen molar-refractivity contribution < 1.29 is 14.3 Å². The molecule has 17 heavy (non-hydrogen) atoms. The molecule has 0 saturated carbocycles. The number of rotatable bonds is 7. The summed E-state index contributed by atoms with van der Waals surface area (Å²) in [6.45, 7) is 5.49. The van der Waals surface area contributed by atoms with Crippen LogP contribution in [0.1, 0.15) is 20.3 Å². The maximum absolute atomic E-state index is 11.3. The zero-order valence-corrected chi connectivity index (χ0v) is 11.1. The van der Waals surface area contributed by atoms with Gasteiger partial charge in [0.25, 0.3) is 0 Å². The molecule has 0 atom stereocenters. The number of nitrogens with zero attached hydrogens (tertiary/aromatic N) is 1. The van der Waals surface area contributed by atoms with Crippen LogP contribution in [-0.4, -0.2) is 50.6 Å². The highest BCUT2D eigenvalue weighted by Crippen LogP contribution is 1.98. The van der Waals surface area contributed by atoms with Crippen molar-refractivity contribution in [3.05, 3.63) is 11.6 Å². The summed E-state index contributed by atoms with van der Waals surface area (Å²) in [5.74, 6) is -0.357. The Bertz CT molecular complexity index is 287. The van der Waals surface area contributed by atoms with Crippen LogP contribution in [0, 0.1) is 0 Å². The molecule has 0 spiro atoms. The Balaban J connectivity index is 4.34. The zero-order valence-electron chi connectivity index (χ0n) is 11.1. The van der Waals surface area contributed by atoms with E-state index in [4.69, 9.17) is 0 Å². The van der Waals surface area contributed by atoms with E-state index >= 15 is 0 Å². The van der Waals surface area contributed by atoms with E-state index in [-0.39, 0.29) is 11.9 Å². The number of ether oxygens (including phenoxy) is 1. The van der Waals surface area contributed by atoms with Gasteiger partial charge in [0.2, 0.25) is 5.91 Å². The summed E-state index contributed by atoms with van der Waals surface area (Å²) < 4.78 is 4.60. The number of methoxy groups -OCH3 is 1. The van der Waals surface area contributed by atoms with Crippen LogP contribution in [0.4, 0.5) is 0 Å². The minimum atomic E-state index is -0.332. The maximum Gasteiger partial charge on any atom is 0.333 e. The number of esters is 1. The predicted molar refractivity (Wildman–Crippen MR) is 66.6 cm³/mol. The second-order valence-electron chi connectivity index (χ2n) is 3.79. The van der Waals surface area contributed by atoms with E-state index < -0.39 is 0 Å². The zero-order chi connectivity index (χ0) is 13.3. The normalized spacial score (nSPS) is 11.5. The summed E-state index contributed by atoms with van der Waals surface area (Å²) in [7, 11) is 2.97. The molecule has 0 aliphatic heterocycles. The highest BCUT2D eigenvalue weighted by molar-refractivity contribution is 5.87. The highest BCUT2D eigenvalue weighted by atomic mass is 16.5. The molecular formula is C12H22N2O3. The molecule has 0 rings (SSSR count). The molecule has 0 radical (unpaired) electrons. The first kappa shape index (κ1) is 15.6. The van der Waals surface area contributed by atoms with Crippen LogP contribution < -0.4 is 5.32 Å². The molecule has 5 heteroatoms. The molecule has 0 aromatic rings. The van der Waals surface area contributed by atoms with Gasteiger partial charge in [0, 0.05) is 19.2 Å². The summed E-state index contributed by atoms with van der Waals surface area (Å²) in [4.78, 5) is 24.4. The van der Waals surface area contributed by atoms with Crippen molar-refractivity contribution >= 4 is 11.9 Å². The standard InChI is InChI=1S/C12H22N2O3/c1-5-7-14(9-11(15)13-3)8-6-10(2)12(16)17-4/h6H,5,7-9H2,1-4H3,(H,13,15). The highest BCUT2D eigenvalue weighted by Gasteiger charge is 2.08. The number of carbonyl (C=O) groups is 2. The third kappa shape index (κ3) is 6.73. The monoisotopic (exact) mass is 242 g/mol. The predicted octanol–water partition coefficient (Wildman–Crippen LogP) is 0.564. The fourth-order valence-corrected chi connectivity index (χ4v) is 1.34. The molecule has 0 fully saturated rings. The van der Waals surface area contributed by atoms with Crippen molar-refractivity contribution in [1.82, 2.24) is 10.2 Å². The molecule has 0 bridgehead atoms. The summed E-state index contributed by atoms with van der Waals surface area (Å²) in [6, 6.07) is 0. The van der Waals surface area contributed by atoms with Gasteiger partial charge in [-0.2, -0.15) is 0 Å². The SMILES string of the molecule is CCCN(CC=C(C)C(=O)OC)CC(=O)NC. The third-order valence-electron chi connectivity index (χ3n) is 2.35. The van der Waals surface area contributed by atoms with E-state index in [0.29, 0.717) is 18.7 Å². The van der Waals surface area contributed by atoms with Gasteiger partial charge in [0.05, 0.1) is 13.7 Å². The lowest BCUT2D eigenvalue weighted by Gasteiger charge is -2.18. The quantitative estimate of drug-likeness (QED) is 0.523. The second-order valence-corrected chi connectivity index (χ2v) is 3.79. The average molecular weight is 242 g/mol. The molecule has 1 N–H and O–H groups in total. The first-order chi connectivity index (χ1) is 8.04. The maximum atomic E-state index is 11.3. The van der Waals surface area contributed by atoms with Crippen LogP contribution in [0.15, 0.2) is 11.6 Å². The number of likely N-dealkylation sites (N-methyl/N-ethyl adjacent to an activating group) is 1. The minimum Gasteiger partial charge on any atom is -0.466 e. The molecule has 5 nitrogen and oxygen atoms in total. The largest absolute Gasteiger partial charge is 0.466 e. The summed E-state index contributed by atoms with van der Waals surface area (Å²) in [5.41, 5.74) is 0.561. The summed E-state index contributed by atoms with van der Waals surface area (Å²) in [5, 5.41) is 2.58. The van der Waals surface area contributed by atoms with E-state index in [9.17, 15) is 9.59 Å². The van der Waals surface area contributed by atoms with Gasteiger partial charge in [-0.15, -0.1) is 0 Å². The third-order valence-corrected chi connectivity index (χ3v) is 2.35. The first-order valence-corrected chi connectivity index (χ1v) is 5.73. The molecule has 0 aromatic heterocycles. The Labute approximate surface area is 103 Å². The Hall–Kier alpha value is -1.36. The van der Waals surface area contributed by atoms with Crippen LogP contribution in [0.2, 0.25) is 0 Å². The molecule has 0 saturated heterocycles. The van der Waals surface area contributed by atoms with Crippen molar-refractivity contribution in [2.24, 2.45) is 0 Å². The number of hydrogen-bond acceptors (Lipinski definition) is 4. The Kier molecular flexibility index (Phi) is 8.05. The van der Waals surface area contributed by atoms with Gasteiger partial charge in [0.1, 0.15) is 0 Å². The molecule has 1 amide bonds. The van der Waals surface area contributed by atoms with E-state index in [0.717, 1.165) is 13.0 Å². The lowest BCUT2D eigenvalue weighted by molar-refractivity contribution is -0.136. The Morgan fingerprint density at radius 3 is 2.53 bits per heavy atom. The fraction of sp³-hybridized carbons (Fsp3) is 0.667. The first-order valence-electron chi connectivity index (χ1n) is 5.73. The van der Waals surface area contributed by atoms with E-state index in [1.165, 1.54) is 7.11 Å². The number of carbonyl (C=O) groups excluding carboxylic acids is 2. The van der Waals surface area contributed by atoms with Crippen molar-refractivity contribution in [1.29, 1.82) is 0 Å². The van der Waals surface area contributed by atoms with Gasteiger partial charge < -0.3 is 10.1 Å². The second kappa shape index (κ2) is 8.75. The van der Waals surface area contributed by atoms with E-state index in [2.05, 4.69) is 10.1 Å². The van der Waals surface area contributed by atoms with Gasteiger partial charge >= 0.3 is 5.97 Å². The van der Waals surface area contributed by atoms with Crippen LogP contribution in [0.25, 0.3) is 0 Å². The van der Waals surface area contributed by atoms with Crippen LogP contribution in [0.3, 0.4) is 0 Å². The van der Waals surface area contributed by atoms with Crippen LogP contribution >= 0.6 is 0 Å². The van der Waals surface area contributed by atoms with Crippen molar-refractivity contribution in [2.45, 2.75) is 20.3 Å². The molecular weight excluding hydrogens is 220 g/mol. The number of amides is 1. The van der Waals surface area contributed by atoms with Crippen molar-refractivity contribution in [2.75, 3.05) is 33.8 Å². The van der Waals surface area contributed by atoms with Gasteiger partial charge in [-0.1, -0.05) is 13.0 Å². The smallest absolute Gasteiger partial charge is 0.333 e. The van der Waals surface area contributed by atoms with E-state index in [1.54, 1.807) is 20.0 Å². The molecule has 0 aliphatic rings. The lowest BCUT2D eigenvalue weighted by atomic mass is 10.2. The number of hydrogen-bond donors (Lipinski definition) is 1.